The Morgan fingerprint density at radius 2 is 2.10 bits per heavy atom. The Hall–Kier alpha value is -2.57. The number of nitrogen functional groups attached to an aromatic ring is 1. The van der Waals surface area contributed by atoms with E-state index in [1.54, 1.807) is 5.38 Å². The van der Waals surface area contributed by atoms with Crippen molar-refractivity contribution in [1.82, 2.24) is 0 Å². The second kappa shape index (κ2) is 5.43. The monoisotopic (exact) mass is 323 g/mol. The molecule has 0 fully saturated rings. The average Bonchev–Trinajstić information content (AvgIpc) is 2.84. The van der Waals surface area contributed by atoms with Gasteiger partial charge in [0.2, 0.25) is 0 Å². The molecule has 0 bridgehead atoms. The van der Waals surface area contributed by atoms with Crippen molar-refractivity contribution in [2.75, 3.05) is 10.5 Å². The van der Waals surface area contributed by atoms with Gasteiger partial charge < -0.3 is 10.8 Å². The molecular formula is C12H9N3O4S2. The van der Waals surface area contributed by atoms with Crippen LogP contribution in [0.15, 0.2) is 34.5 Å². The number of rotatable bonds is 4. The molecule has 0 aliphatic rings. The second-order valence-electron chi connectivity index (χ2n) is 3.94. The van der Waals surface area contributed by atoms with E-state index in [9.17, 15) is 13.2 Å². The summed E-state index contributed by atoms with van der Waals surface area (Å²) in [6.07, 6.45) is 0. The summed E-state index contributed by atoms with van der Waals surface area (Å²) in [5.41, 5.74) is 5.51. The molecule has 21 heavy (non-hydrogen) atoms. The van der Waals surface area contributed by atoms with Gasteiger partial charge in [-0.15, -0.1) is 11.3 Å². The molecule has 0 saturated carbocycles. The maximum Gasteiger partial charge on any atom is 0.335 e. The van der Waals surface area contributed by atoms with Crippen molar-refractivity contribution in [3.05, 3.63) is 40.8 Å². The highest BCUT2D eigenvalue weighted by Gasteiger charge is 2.20. The number of thiophene rings is 1. The Balaban J connectivity index is 2.41. The van der Waals surface area contributed by atoms with E-state index in [1.807, 2.05) is 6.07 Å². The van der Waals surface area contributed by atoms with Crippen molar-refractivity contribution < 1.29 is 18.3 Å². The molecule has 2 aromatic rings. The molecule has 7 nitrogen and oxygen atoms in total. The topological polar surface area (TPSA) is 133 Å². The SMILES string of the molecule is N#Cc1ccsc1NS(=O)(=O)c1ccc(C(=O)O)cc1N. The number of anilines is 2. The molecule has 2 rings (SSSR count). The number of hydrogen-bond donors (Lipinski definition) is 3. The van der Waals surface area contributed by atoms with Gasteiger partial charge in [0.15, 0.2) is 0 Å². The van der Waals surface area contributed by atoms with Crippen LogP contribution in [0.2, 0.25) is 0 Å². The van der Waals surface area contributed by atoms with Crippen LogP contribution in [0.5, 0.6) is 0 Å². The smallest absolute Gasteiger partial charge is 0.335 e. The Morgan fingerprint density at radius 3 is 2.67 bits per heavy atom. The van der Waals surface area contributed by atoms with Gasteiger partial charge in [0.1, 0.15) is 16.0 Å². The van der Waals surface area contributed by atoms with Crippen molar-refractivity contribution in [3.63, 3.8) is 0 Å². The summed E-state index contributed by atoms with van der Waals surface area (Å²) < 4.78 is 26.7. The number of nitriles is 1. The Kier molecular flexibility index (Phi) is 3.84. The van der Waals surface area contributed by atoms with Gasteiger partial charge in [0.05, 0.1) is 16.8 Å². The van der Waals surface area contributed by atoms with Crippen LogP contribution in [-0.2, 0) is 10.0 Å². The van der Waals surface area contributed by atoms with E-state index >= 15 is 0 Å². The summed E-state index contributed by atoms with van der Waals surface area (Å²) in [5, 5.41) is 19.4. The number of carboxylic acids is 1. The van der Waals surface area contributed by atoms with E-state index < -0.39 is 16.0 Å². The lowest BCUT2D eigenvalue weighted by Gasteiger charge is -2.09. The molecule has 1 aromatic heterocycles. The highest BCUT2D eigenvalue weighted by atomic mass is 32.2. The van der Waals surface area contributed by atoms with Crippen LogP contribution in [0.3, 0.4) is 0 Å². The molecule has 0 saturated heterocycles. The fraction of sp³-hybridized carbons (Fsp3) is 0. The van der Waals surface area contributed by atoms with Crippen molar-refractivity contribution in [1.29, 1.82) is 5.26 Å². The predicted octanol–water partition coefficient (Wildman–Crippen LogP) is 1.70. The number of carboxylic acid groups (broad SMARTS) is 1. The maximum absolute atomic E-state index is 12.2. The quantitative estimate of drug-likeness (QED) is 0.733. The lowest BCUT2D eigenvalue weighted by molar-refractivity contribution is 0.0697. The molecule has 0 atom stereocenters. The van der Waals surface area contributed by atoms with Crippen molar-refractivity contribution in [2.45, 2.75) is 4.90 Å². The minimum atomic E-state index is -4.00. The zero-order valence-corrected chi connectivity index (χ0v) is 12.0. The Labute approximate surface area is 124 Å². The molecule has 4 N–H and O–H groups in total. The first-order valence-electron chi connectivity index (χ1n) is 5.48. The Bertz CT molecular complexity index is 850. The third-order valence-electron chi connectivity index (χ3n) is 2.56. The van der Waals surface area contributed by atoms with Crippen LogP contribution in [0, 0.1) is 11.3 Å². The van der Waals surface area contributed by atoms with Gasteiger partial charge in [0.25, 0.3) is 10.0 Å². The molecule has 0 spiro atoms. The lowest BCUT2D eigenvalue weighted by Crippen LogP contribution is -2.15. The fourth-order valence-electron chi connectivity index (χ4n) is 1.58. The number of sulfonamides is 1. The molecule has 0 unspecified atom stereocenters. The van der Waals surface area contributed by atoms with Gasteiger partial charge in [-0.2, -0.15) is 5.26 Å². The van der Waals surface area contributed by atoms with Crippen molar-refractivity contribution in [3.8, 4) is 6.07 Å². The van der Waals surface area contributed by atoms with E-state index in [2.05, 4.69) is 4.72 Å². The molecule has 1 aromatic carbocycles. The largest absolute Gasteiger partial charge is 0.478 e. The van der Waals surface area contributed by atoms with Crippen molar-refractivity contribution >= 4 is 38.0 Å². The van der Waals surface area contributed by atoms with Crippen LogP contribution in [-0.4, -0.2) is 19.5 Å². The first-order chi connectivity index (χ1) is 9.85. The minimum absolute atomic E-state index is 0.111. The number of nitrogens with two attached hydrogens (primary N) is 1. The Morgan fingerprint density at radius 1 is 1.38 bits per heavy atom. The van der Waals surface area contributed by atoms with Crippen LogP contribution in [0.1, 0.15) is 15.9 Å². The van der Waals surface area contributed by atoms with Gasteiger partial charge in [-0.1, -0.05) is 0 Å². The van der Waals surface area contributed by atoms with Gasteiger partial charge >= 0.3 is 5.97 Å². The lowest BCUT2D eigenvalue weighted by atomic mass is 10.2. The van der Waals surface area contributed by atoms with E-state index in [-0.39, 0.29) is 26.7 Å². The first kappa shape index (κ1) is 14.8. The molecule has 0 aliphatic carbocycles. The number of hydrogen-bond acceptors (Lipinski definition) is 6. The van der Waals surface area contributed by atoms with Gasteiger partial charge in [-0.05, 0) is 29.6 Å². The van der Waals surface area contributed by atoms with Gasteiger partial charge in [-0.3, -0.25) is 4.72 Å². The molecule has 0 radical (unpaired) electrons. The van der Waals surface area contributed by atoms with Crippen molar-refractivity contribution in [2.24, 2.45) is 0 Å². The third-order valence-corrected chi connectivity index (χ3v) is 4.94. The zero-order valence-electron chi connectivity index (χ0n) is 10.4. The molecular weight excluding hydrogens is 314 g/mol. The first-order valence-corrected chi connectivity index (χ1v) is 7.84. The summed E-state index contributed by atoms with van der Waals surface area (Å²) >= 11 is 1.06. The van der Waals surface area contributed by atoms with Gasteiger partial charge in [0, 0.05) is 0 Å². The summed E-state index contributed by atoms with van der Waals surface area (Å²) in [6.45, 7) is 0. The minimum Gasteiger partial charge on any atom is -0.478 e. The summed E-state index contributed by atoms with van der Waals surface area (Å²) in [7, 11) is -4.00. The number of nitrogens with zero attached hydrogens (tertiary/aromatic N) is 1. The number of aromatic carboxylic acids is 1. The molecule has 0 aliphatic heterocycles. The van der Waals surface area contributed by atoms with E-state index in [1.165, 1.54) is 6.07 Å². The normalized spacial score (nSPS) is 10.8. The summed E-state index contributed by atoms with van der Waals surface area (Å²) in [5.74, 6) is -1.20. The van der Waals surface area contributed by atoms with Crippen LogP contribution in [0.25, 0.3) is 0 Å². The standard InChI is InChI=1S/C12H9N3O4S2/c13-6-8-3-4-20-11(8)15-21(18,19)10-2-1-7(12(16)17)5-9(10)14/h1-5,15H,14H2,(H,16,17). The molecule has 0 amide bonds. The summed E-state index contributed by atoms with van der Waals surface area (Å²) in [6, 6.07) is 6.67. The second-order valence-corrected chi connectivity index (χ2v) is 6.51. The molecule has 108 valence electrons. The van der Waals surface area contributed by atoms with E-state index in [4.69, 9.17) is 16.1 Å². The number of benzene rings is 1. The third kappa shape index (κ3) is 2.96. The zero-order chi connectivity index (χ0) is 15.6. The molecule has 1 heterocycles. The van der Waals surface area contributed by atoms with E-state index in [0.717, 1.165) is 29.5 Å². The van der Waals surface area contributed by atoms with E-state index in [0.29, 0.717) is 0 Å². The fourth-order valence-corrected chi connectivity index (χ4v) is 3.76. The summed E-state index contributed by atoms with van der Waals surface area (Å²) in [4.78, 5) is 10.6. The van der Waals surface area contributed by atoms with Crippen LogP contribution < -0.4 is 10.5 Å². The number of carbonyl (C=O) groups is 1. The van der Waals surface area contributed by atoms with Crippen LogP contribution >= 0.6 is 11.3 Å². The average molecular weight is 323 g/mol. The highest BCUT2D eigenvalue weighted by Crippen LogP contribution is 2.27. The molecule has 9 heteroatoms. The highest BCUT2D eigenvalue weighted by molar-refractivity contribution is 7.93. The number of nitrogens with one attached hydrogen (secondary N) is 1. The predicted molar refractivity (Wildman–Crippen MR) is 77.7 cm³/mol. The van der Waals surface area contributed by atoms with Gasteiger partial charge in [-0.25, -0.2) is 13.2 Å². The maximum atomic E-state index is 12.2. The van der Waals surface area contributed by atoms with Crippen LogP contribution in [0.4, 0.5) is 10.7 Å².